The molecular weight excluding hydrogens is 831 g/mol. The molecule has 3 heterocycles. The number of methoxy groups -OCH3 is 3. The minimum absolute atomic E-state index is 0.0212. The van der Waals surface area contributed by atoms with E-state index in [1.807, 2.05) is 26.0 Å². The van der Waals surface area contributed by atoms with Crippen LogP contribution in [0.5, 0.6) is 0 Å². The zero-order valence-corrected chi connectivity index (χ0v) is 39.0. The lowest BCUT2D eigenvalue weighted by atomic mass is 9.81. The second-order valence-corrected chi connectivity index (χ2v) is 18.6. The number of carbonyl (C=O) groups excluding carboxylic acids is 5. The first-order valence-corrected chi connectivity index (χ1v) is 22.9. The Morgan fingerprint density at radius 1 is 0.922 bits per heavy atom. The predicted octanol–water partition coefficient (Wildman–Crippen LogP) is 5.05. The molecule has 3 N–H and O–H groups in total. The number of amides is 1. The Bertz CT molecular complexity index is 1730. The van der Waals surface area contributed by atoms with E-state index in [9.17, 15) is 39.0 Å². The maximum atomic E-state index is 14.5. The average Bonchev–Trinajstić information content (AvgIpc) is 3.26. The van der Waals surface area contributed by atoms with Gasteiger partial charge in [0.05, 0.1) is 37.3 Å². The Balaban J connectivity index is 1.73. The SMILES string of the molecule is C=CCC1C=C(C)CC(C)CC(OC)C2OC(O)(C(=O)C(=O)N3CCCCC3C(=O)OC(C(C)=CC3CCC(OC(=O)CCC(=O)O)C(OC)C3)C(C)C(O)CC1=O)C(C)CC2OC. The summed E-state index contributed by atoms with van der Waals surface area (Å²) in [5.41, 5.74) is 1.50. The highest BCUT2D eigenvalue weighted by molar-refractivity contribution is 6.39. The lowest BCUT2D eigenvalue weighted by Crippen LogP contribution is -2.64. The van der Waals surface area contributed by atoms with Crippen molar-refractivity contribution in [3.63, 3.8) is 0 Å². The van der Waals surface area contributed by atoms with Gasteiger partial charge in [-0.15, -0.1) is 6.58 Å². The number of aliphatic hydroxyl groups is 2. The van der Waals surface area contributed by atoms with Crippen molar-refractivity contribution >= 4 is 35.4 Å². The lowest BCUT2D eigenvalue weighted by Gasteiger charge is -2.47. The Kier molecular flexibility index (Phi) is 19.9. The molecule has 0 aromatic heterocycles. The van der Waals surface area contributed by atoms with Gasteiger partial charge in [0, 0.05) is 52.0 Å². The molecule has 16 heteroatoms. The summed E-state index contributed by atoms with van der Waals surface area (Å²) in [5.74, 6) is -10.0. The molecule has 1 saturated carbocycles. The third-order valence-corrected chi connectivity index (χ3v) is 13.7. The average molecular weight is 904 g/mol. The van der Waals surface area contributed by atoms with E-state index in [1.54, 1.807) is 26.8 Å². The lowest BCUT2D eigenvalue weighted by molar-refractivity contribution is -0.302. The molecule has 3 aliphatic heterocycles. The first-order chi connectivity index (χ1) is 30.3. The fourth-order valence-electron chi connectivity index (χ4n) is 9.98. The molecule has 3 fully saturated rings. The van der Waals surface area contributed by atoms with Crippen LogP contribution in [-0.2, 0) is 57.2 Å². The molecule has 2 bridgehead atoms. The summed E-state index contributed by atoms with van der Waals surface area (Å²) in [6.45, 7) is 12.9. The van der Waals surface area contributed by atoms with Gasteiger partial charge in [-0.3, -0.25) is 24.0 Å². The smallest absolute Gasteiger partial charge is 0.329 e. The number of aliphatic hydroxyl groups excluding tert-OH is 1. The molecule has 0 aromatic carbocycles. The molecule has 4 rings (SSSR count). The first kappa shape index (κ1) is 52.8. The van der Waals surface area contributed by atoms with Crippen LogP contribution in [-0.4, -0.2) is 138 Å². The summed E-state index contributed by atoms with van der Waals surface area (Å²) >= 11 is 0. The van der Waals surface area contributed by atoms with Crippen LogP contribution in [0, 0.1) is 29.6 Å². The number of carboxylic acids is 1. The molecule has 0 radical (unpaired) electrons. The number of allylic oxidation sites excluding steroid dienone is 4. The zero-order chi connectivity index (χ0) is 47.5. The largest absolute Gasteiger partial charge is 0.481 e. The van der Waals surface area contributed by atoms with Gasteiger partial charge in [0.25, 0.3) is 11.7 Å². The van der Waals surface area contributed by atoms with Crippen LogP contribution < -0.4 is 0 Å². The molecule has 14 unspecified atom stereocenters. The number of carboxylic acid groups (broad SMARTS) is 1. The minimum Gasteiger partial charge on any atom is -0.481 e. The van der Waals surface area contributed by atoms with Crippen molar-refractivity contribution in [1.29, 1.82) is 0 Å². The Hall–Kier alpha value is -3.80. The van der Waals surface area contributed by atoms with Gasteiger partial charge in [0.2, 0.25) is 5.79 Å². The molecule has 16 nitrogen and oxygen atoms in total. The molecule has 1 aliphatic carbocycles. The van der Waals surface area contributed by atoms with Crippen LogP contribution in [0.3, 0.4) is 0 Å². The Morgan fingerprint density at radius 2 is 1.59 bits per heavy atom. The number of nitrogens with zero attached hydrogens (tertiary/aromatic N) is 1. The number of fused-ring (bicyclic) bond motifs is 3. The highest BCUT2D eigenvalue weighted by Crippen LogP contribution is 2.39. The van der Waals surface area contributed by atoms with Gasteiger partial charge in [-0.1, -0.05) is 44.6 Å². The Morgan fingerprint density at radius 3 is 2.23 bits per heavy atom. The van der Waals surface area contributed by atoms with E-state index in [0.29, 0.717) is 56.9 Å². The summed E-state index contributed by atoms with van der Waals surface area (Å²) in [5, 5.41) is 32.9. The van der Waals surface area contributed by atoms with Crippen molar-refractivity contribution in [2.75, 3.05) is 27.9 Å². The quantitative estimate of drug-likeness (QED) is 0.140. The number of aliphatic carboxylic acids is 1. The van der Waals surface area contributed by atoms with Crippen molar-refractivity contribution in [2.24, 2.45) is 29.6 Å². The van der Waals surface area contributed by atoms with Crippen LogP contribution in [0.1, 0.15) is 118 Å². The van der Waals surface area contributed by atoms with Crippen molar-refractivity contribution in [3.05, 3.63) is 36.0 Å². The van der Waals surface area contributed by atoms with E-state index >= 15 is 0 Å². The number of ketones is 2. The molecule has 64 heavy (non-hydrogen) atoms. The van der Waals surface area contributed by atoms with Crippen LogP contribution in [0.2, 0.25) is 0 Å². The van der Waals surface area contributed by atoms with Gasteiger partial charge >= 0.3 is 17.9 Å². The standard InChI is InChI=1S/C48H73NO15/c1-10-13-33-21-27(2)20-28(3)22-39(60-8)44-40(61-9)24-30(5)48(58,64-44)45(55)46(56)49-19-12-11-14-34(49)47(57)63-43(31(6)35(50)26-36(33)51)29(4)23-32-15-16-37(38(25-32)59-7)62-42(54)18-17-41(52)53/h10,21,23,28,30-35,37-40,43-44,50,58H,1,11-20,22,24-26H2,2-9H3,(H,52,53). The number of ether oxygens (including phenoxy) is 6. The van der Waals surface area contributed by atoms with E-state index < -0.39 is 102 Å². The number of hydrogen-bond donors (Lipinski definition) is 3. The van der Waals surface area contributed by atoms with E-state index in [2.05, 4.69) is 6.58 Å². The fourth-order valence-corrected chi connectivity index (χ4v) is 9.98. The highest BCUT2D eigenvalue weighted by atomic mass is 16.7. The van der Waals surface area contributed by atoms with Crippen molar-refractivity contribution in [3.8, 4) is 0 Å². The topological polar surface area (TPSA) is 222 Å². The molecule has 0 aromatic rings. The normalized spacial score (nSPS) is 36.8. The number of rotatable bonds is 11. The van der Waals surface area contributed by atoms with E-state index in [4.69, 9.17) is 33.5 Å². The molecule has 4 aliphatic rings. The van der Waals surface area contributed by atoms with Crippen LogP contribution in [0.15, 0.2) is 36.0 Å². The summed E-state index contributed by atoms with van der Waals surface area (Å²) in [6.07, 6.45) is 3.14. The number of esters is 2. The van der Waals surface area contributed by atoms with E-state index in [0.717, 1.165) is 10.5 Å². The van der Waals surface area contributed by atoms with E-state index in [1.165, 1.54) is 21.3 Å². The molecule has 360 valence electrons. The number of piperidine rings is 1. The maximum absolute atomic E-state index is 14.5. The number of carbonyl (C=O) groups is 6. The summed E-state index contributed by atoms with van der Waals surface area (Å²) in [7, 11) is 4.52. The minimum atomic E-state index is -2.55. The molecule has 1 amide bonds. The monoisotopic (exact) mass is 903 g/mol. The van der Waals surface area contributed by atoms with Gasteiger partial charge in [0.1, 0.15) is 30.1 Å². The number of Topliss-reactive ketones (excluding diaryl/α,β-unsaturated/α-hetero) is 2. The summed E-state index contributed by atoms with van der Waals surface area (Å²) in [4.78, 5) is 81.6. The van der Waals surface area contributed by atoms with Crippen LogP contribution >= 0.6 is 0 Å². The van der Waals surface area contributed by atoms with Crippen molar-refractivity contribution in [2.45, 2.75) is 173 Å². The number of cyclic esters (lactones) is 1. The molecular formula is C48H73NO15. The summed E-state index contributed by atoms with van der Waals surface area (Å²) < 4.78 is 35.6. The van der Waals surface area contributed by atoms with Crippen molar-refractivity contribution < 1.29 is 72.5 Å². The van der Waals surface area contributed by atoms with Gasteiger partial charge in [0.15, 0.2) is 0 Å². The van der Waals surface area contributed by atoms with Crippen LogP contribution in [0.25, 0.3) is 0 Å². The van der Waals surface area contributed by atoms with Crippen molar-refractivity contribution in [1.82, 2.24) is 4.90 Å². The Labute approximate surface area is 378 Å². The zero-order valence-electron chi connectivity index (χ0n) is 39.0. The number of hydrogen-bond acceptors (Lipinski definition) is 14. The second kappa shape index (κ2) is 24.1. The molecule has 0 spiro atoms. The van der Waals surface area contributed by atoms with Gasteiger partial charge in [-0.05, 0) is 95.5 Å². The first-order valence-electron chi connectivity index (χ1n) is 22.9. The van der Waals surface area contributed by atoms with Gasteiger partial charge < -0.3 is 48.6 Å². The van der Waals surface area contributed by atoms with Gasteiger partial charge in [-0.25, -0.2) is 4.79 Å². The highest BCUT2D eigenvalue weighted by Gasteiger charge is 2.56. The summed E-state index contributed by atoms with van der Waals surface area (Å²) in [6, 6.07) is -1.20. The fraction of sp³-hybridized carbons (Fsp3) is 0.750. The second-order valence-electron chi connectivity index (χ2n) is 18.6. The van der Waals surface area contributed by atoms with Crippen LogP contribution in [0.4, 0.5) is 0 Å². The third kappa shape index (κ3) is 13.4. The molecule has 2 saturated heterocycles. The maximum Gasteiger partial charge on any atom is 0.329 e. The molecule has 14 atom stereocenters. The van der Waals surface area contributed by atoms with E-state index in [-0.39, 0.29) is 56.3 Å². The van der Waals surface area contributed by atoms with Gasteiger partial charge in [-0.2, -0.15) is 0 Å². The third-order valence-electron chi connectivity index (χ3n) is 13.7. The predicted molar refractivity (Wildman–Crippen MR) is 233 cm³/mol.